The standard InChI is InChI=1S/C16H16ClF3N2O2/c17-12-2-1-3-13(18)11(12)8-14-21-24-15(23)22(14)9-10-4-6-16(19,20)7-5-10/h1-3,10H,4-9H2. The van der Waals surface area contributed by atoms with Crippen molar-refractivity contribution in [2.24, 2.45) is 5.92 Å². The molecule has 0 radical (unpaired) electrons. The minimum atomic E-state index is -2.63. The van der Waals surface area contributed by atoms with Crippen LogP contribution in [-0.2, 0) is 13.0 Å². The van der Waals surface area contributed by atoms with E-state index in [1.807, 2.05) is 0 Å². The average Bonchev–Trinajstić information content (AvgIpc) is 2.86. The highest BCUT2D eigenvalue weighted by Gasteiger charge is 2.35. The highest BCUT2D eigenvalue weighted by molar-refractivity contribution is 6.31. The van der Waals surface area contributed by atoms with Crippen molar-refractivity contribution in [2.45, 2.75) is 44.6 Å². The molecule has 1 aromatic carbocycles. The molecule has 0 amide bonds. The highest BCUT2D eigenvalue weighted by atomic mass is 35.5. The maximum atomic E-state index is 13.9. The molecule has 8 heteroatoms. The van der Waals surface area contributed by atoms with E-state index in [2.05, 4.69) is 9.68 Å². The Morgan fingerprint density at radius 3 is 2.71 bits per heavy atom. The third-order valence-electron chi connectivity index (χ3n) is 4.44. The number of benzene rings is 1. The summed E-state index contributed by atoms with van der Waals surface area (Å²) >= 11 is 5.99. The van der Waals surface area contributed by atoms with Crippen LogP contribution >= 0.6 is 11.6 Å². The van der Waals surface area contributed by atoms with Gasteiger partial charge in [-0.25, -0.2) is 18.0 Å². The third-order valence-corrected chi connectivity index (χ3v) is 4.79. The molecule has 0 unspecified atom stereocenters. The van der Waals surface area contributed by atoms with Gasteiger partial charge in [-0.1, -0.05) is 22.8 Å². The van der Waals surface area contributed by atoms with Gasteiger partial charge in [-0.3, -0.25) is 9.09 Å². The molecule has 0 spiro atoms. The van der Waals surface area contributed by atoms with E-state index in [-0.39, 0.29) is 48.1 Å². The number of aromatic nitrogens is 2. The van der Waals surface area contributed by atoms with E-state index in [1.54, 1.807) is 6.07 Å². The normalized spacial score (nSPS) is 18.0. The molecule has 0 aliphatic heterocycles. The molecule has 1 aromatic heterocycles. The molecule has 2 aromatic rings. The average molecular weight is 361 g/mol. The summed E-state index contributed by atoms with van der Waals surface area (Å²) in [6, 6.07) is 4.30. The van der Waals surface area contributed by atoms with Crippen LogP contribution in [0.3, 0.4) is 0 Å². The second-order valence-corrected chi connectivity index (χ2v) is 6.56. The fraction of sp³-hybridized carbons (Fsp3) is 0.500. The van der Waals surface area contributed by atoms with Crippen molar-refractivity contribution in [3.05, 3.63) is 51.0 Å². The first kappa shape index (κ1) is 17.1. The molecule has 0 N–H and O–H groups in total. The van der Waals surface area contributed by atoms with Gasteiger partial charge in [0.25, 0.3) is 0 Å². The summed E-state index contributed by atoms with van der Waals surface area (Å²) in [5.41, 5.74) is 0.219. The first-order valence-electron chi connectivity index (χ1n) is 7.72. The maximum absolute atomic E-state index is 13.9. The lowest BCUT2D eigenvalue weighted by atomic mass is 9.86. The number of halogens is 4. The molecule has 4 nitrogen and oxygen atoms in total. The number of hydrogen-bond acceptors (Lipinski definition) is 3. The van der Waals surface area contributed by atoms with Crippen LogP contribution in [0.2, 0.25) is 5.02 Å². The molecule has 1 aliphatic rings. The van der Waals surface area contributed by atoms with Crippen molar-refractivity contribution in [3.8, 4) is 0 Å². The van der Waals surface area contributed by atoms with E-state index in [0.717, 1.165) is 0 Å². The second-order valence-electron chi connectivity index (χ2n) is 6.15. The van der Waals surface area contributed by atoms with Crippen LogP contribution in [0.5, 0.6) is 0 Å². The van der Waals surface area contributed by atoms with Crippen molar-refractivity contribution in [2.75, 3.05) is 0 Å². The van der Waals surface area contributed by atoms with Gasteiger partial charge in [-0.05, 0) is 30.9 Å². The van der Waals surface area contributed by atoms with Gasteiger partial charge < -0.3 is 0 Å². The van der Waals surface area contributed by atoms with Gasteiger partial charge in [0.1, 0.15) is 5.82 Å². The molecule has 1 aliphatic carbocycles. The zero-order valence-electron chi connectivity index (χ0n) is 12.8. The number of hydrogen-bond donors (Lipinski definition) is 0. The van der Waals surface area contributed by atoms with Crippen molar-refractivity contribution in [1.29, 1.82) is 0 Å². The summed E-state index contributed by atoms with van der Waals surface area (Å²) in [6.07, 6.45) is 0.271. The predicted molar refractivity (Wildman–Crippen MR) is 81.9 cm³/mol. The monoisotopic (exact) mass is 360 g/mol. The molecule has 24 heavy (non-hydrogen) atoms. The molecule has 0 bridgehead atoms. The molecule has 130 valence electrons. The predicted octanol–water partition coefficient (Wildman–Crippen LogP) is 4.05. The second kappa shape index (κ2) is 6.63. The Labute approximate surface area is 141 Å². The van der Waals surface area contributed by atoms with E-state index in [0.29, 0.717) is 12.8 Å². The smallest absolute Gasteiger partial charge is 0.296 e. The Balaban J connectivity index is 1.79. The van der Waals surface area contributed by atoms with Gasteiger partial charge in [0, 0.05) is 36.4 Å². The molecule has 1 saturated carbocycles. The largest absolute Gasteiger partial charge is 0.441 e. The lowest BCUT2D eigenvalue weighted by Crippen LogP contribution is -2.29. The Kier molecular flexibility index (Phi) is 4.71. The van der Waals surface area contributed by atoms with Crippen LogP contribution in [0.4, 0.5) is 13.2 Å². The molecule has 3 rings (SSSR count). The van der Waals surface area contributed by atoms with E-state index in [9.17, 15) is 18.0 Å². The highest BCUT2D eigenvalue weighted by Crippen LogP contribution is 2.36. The topological polar surface area (TPSA) is 48.0 Å². The fourth-order valence-corrected chi connectivity index (χ4v) is 3.23. The Morgan fingerprint density at radius 1 is 1.33 bits per heavy atom. The quantitative estimate of drug-likeness (QED) is 0.826. The van der Waals surface area contributed by atoms with Gasteiger partial charge in [-0.2, -0.15) is 0 Å². The number of alkyl halides is 2. The van der Waals surface area contributed by atoms with Crippen LogP contribution in [0.15, 0.2) is 27.5 Å². The first-order valence-corrected chi connectivity index (χ1v) is 8.09. The third kappa shape index (κ3) is 3.66. The summed E-state index contributed by atoms with van der Waals surface area (Å²) in [5, 5.41) is 3.92. The summed E-state index contributed by atoms with van der Waals surface area (Å²) in [6.45, 7) is 0.236. The molecular weight excluding hydrogens is 345 g/mol. The van der Waals surface area contributed by atoms with Crippen molar-refractivity contribution < 1.29 is 17.7 Å². The first-order chi connectivity index (χ1) is 11.4. The zero-order chi connectivity index (χ0) is 17.3. The summed E-state index contributed by atoms with van der Waals surface area (Å²) in [4.78, 5) is 11.9. The number of nitrogens with zero attached hydrogens (tertiary/aromatic N) is 2. The van der Waals surface area contributed by atoms with Crippen molar-refractivity contribution >= 4 is 11.6 Å². The molecule has 1 heterocycles. The fourth-order valence-electron chi connectivity index (χ4n) is 3.00. The van der Waals surface area contributed by atoms with Gasteiger partial charge in [-0.15, -0.1) is 0 Å². The van der Waals surface area contributed by atoms with Gasteiger partial charge >= 0.3 is 5.76 Å². The minimum Gasteiger partial charge on any atom is -0.296 e. The van der Waals surface area contributed by atoms with E-state index in [1.165, 1.54) is 16.7 Å². The molecule has 1 fully saturated rings. The minimum absolute atomic E-state index is 0.000125. The van der Waals surface area contributed by atoms with Gasteiger partial charge in [0.05, 0.1) is 0 Å². The lowest BCUT2D eigenvalue weighted by Gasteiger charge is -2.28. The van der Waals surface area contributed by atoms with Crippen molar-refractivity contribution in [1.82, 2.24) is 9.72 Å². The SMILES string of the molecule is O=c1onc(Cc2c(F)cccc2Cl)n1CC1CCC(F)(F)CC1. The van der Waals surface area contributed by atoms with Crippen LogP contribution in [0, 0.1) is 11.7 Å². The van der Waals surface area contributed by atoms with Crippen molar-refractivity contribution in [3.63, 3.8) is 0 Å². The van der Waals surface area contributed by atoms with Crippen LogP contribution in [0.25, 0.3) is 0 Å². The van der Waals surface area contributed by atoms with Gasteiger partial charge in [0.15, 0.2) is 5.82 Å². The van der Waals surface area contributed by atoms with Crippen LogP contribution in [-0.4, -0.2) is 15.6 Å². The van der Waals surface area contributed by atoms with E-state index >= 15 is 0 Å². The molecule has 0 saturated heterocycles. The van der Waals surface area contributed by atoms with Gasteiger partial charge in [0.2, 0.25) is 5.92 Å². The lowest BCUT2D eigenvalue weighted by molar-refractivity contribution is -0.0475. The summed E-state index contributed by atoms with van der Waals surface area (Å²) in [5.74, 6) is -3.61. The Bertz CT molecular complexity index is 758. The van der Waals surface area contributed by atoms with E-state index < -0.39 is 17.5 Å². The molecule has 0 atom stereocenters. The van der Waals surface area contributed by atoms with Crippen LogP contribution < -0.4 is 5.76 Å². The Morgan fingerprint density at radius 2 is 2.04 bits per heavy atom. The van der Waals surface area contributed by atoms with Crippen LogP contribution in [0.1, 0.15) is 37.1 Å². The molecular formula is C16H16ClF3N2O2. The maximum Gasteiger partial charge on any atom is 0.441 e. The zero-order valence-corrected chi connectivity index (χ0v) is 13.5. The summed E-state index contributed by atoms with van der Waals surface area (Å²) < 4.78 is 46.3. The Hall–Kier alpha value is -1.76. The number of rotatable bonds is 4. The van der Waals surface area contributed by atoms with E-state index in [4.69, 9.17) is 11.6 Å². The summed E-state index contributed by atoms with van der Waals surface area (Å²) in [7, 11) is 0.